The number of nitrogens with zero attached hydrogens (tertiary/aromatic N) is 1. The van der Waals surface area contributed by atoms with Gasteiger partial charge in [0, 0.05) is 12.3 Å². The van der Waals surface area contributed by atoms with Crippen LogP contribution in [-0.4, -0.2) is 44.7 Å². The average Bonchev–Trinajstić information content (AvgIpc) is 3.20. The van der Waals surface area contributed by atoms with Gasteiger partial charge in [-0.2, -0.15) is 0 Å². The van der Waals surface area contributed by atoms with E-state index in [4.69, 9.17) is 9.47 Å². The minimum absolute atomic E-state index is 0.0948. The molecule has 39 heavy (non-hydrogen) atoms. The molecule has 1 fully saturated rings. The molecule has 0 aliphatic carbocycles. The number of hydrogen-bond acceptors (Lipinski definition) is 6. The summed E-state index contributed by atoms with van der Waals surface area (Å²) >= 11 is 0. The second-order valence-corrected chi connectivity index (χ2v) is 10.2. The molecule has 2 heterocycles. The number of aromatic amines is 1. The van der Waals surface area contributed by atoms with Crippen molar-refractivity contribution in [3.63, 3.8) is 0 Å². The summed E-state index contributed by atoms with van der Waals surface area (Å²) in [6.45, 7) is 5.97. The van der Waals surface area contributed by atoms with Crippen LogP contribution in [0.25, 0.3) is 0 Å². The molecule has 0 spiro atoms. The van der Waals surface area contributed by atoms with Gasteiger partial charge in [-0.3, -0.25) is 14.3 Å². The van der Waals surface area contributed by atoms with Gasteiger partial charge < -0.3 is 19.7 Å². The zero-order chi connectivity index (χ0) is 27.7. The maximum Gasteiger partial charge on any atom is 0.330 e. The molecular weight excluding hydrogens is 496 g/mol. The van der Waals surface area contributed by atoms with E-state index in [-0.39, 0.29) is 6.61 Å². The second kappa shape index (κ2) is 10.7. The number of aromatic nitrogens is 2. The molecule has 1 aliphatic rings. The molecule has 0 radical (unpaired) electrons. The Balaban J connectivity index is 1.56. The minimum atomic E-state index is -1.41. The molecule has 1 saturated heterocycles. The van der Waals surface area contributed by atoms with E-state index in [0.29, 0.717) is 0 Å². The van der Waals surface area contributed by atoms with Crippen LogP contribution in [0.5, 0.6) is 0 Å². The second-order valence-electron chi connectivity index (χ2n) is 10.2. The quantitative estimate of drug-likeness (QED) is 0.318. The molecule has 202 valence electrons. The summed E-state index contributed by atoms with van der Waals surface area (Å²) in [7, 11) is 0. The van der Waals surface area contributed by atoms with Gasteiger partial charge in [-0.1, -0.05) is 89.5 Å². The summed E-state index contributed by atoms with van der Waals surface area (Å²) in [5, 5.41) is 21.7. The van der Waals surface area contributed by atoms with Crippen molar-refractivity contribution in [1.29, 1.82) is 0 Å². The lowest BCUT2D eigenvalue weighted by Crippen LogP contribution is -2.40. The molecule has 3 aromatic carbocycles. The van der Waals surface area contributed by atoms with Gasteiger partial charge in [0.05, 0.1) is 6.61 Å². The van der Waals surface area contributed by atoms with E-state index in [0.717, 1.165) is 44.0 Å². The van der Waals surface area contributed by atoms with E-state index in [1.54, 1.807) is 0 Å². The first-order valence-corrected chi connectivity index (χ1v) is 12.9. The van der Waals surface area contributed by atoms with Crippen LogP contribution in [0.2, 0.25) is 0 Å². The van der Waals surface area contributed by atoms with Crippen LogP contribution in [0.1, 0.15) is 39.6 Å². The summed E-state index contributed by atoms with van der Waals surface area (Å²) in [5.74, 6) is 0. The van der Waals surface area contributed by atoms with E-state index in [1.165, 1.54) is 6.20 Å². The summed E-state index contributed by atoms with van der Waals surface area (Å²) in [4.78, 5) is 26.0. The highest BCUT2D eigenvalue weighted by Gasteiger charge is 2.46. The van der Waals surface area contributed by atoms with Gasteiger partial charge in [0.1, 0.15) is 23.9 Å². The zero-order valence-electron chi connectivity index (χ0n) is 22.1. The number of ether oxygens (including phenoxy) is 2. The highest BCUT2D eigenvalue weighted by molar-refractivity contribution is 5.49. The average molecular weight is 529 g/mol. The van der Waals surface area contributed by atoms with Crippen molar-refractivity contribution in [2.45, 2.75) is 50.9 Å². The van der Waals surface area contributed by atoms with Crippen molar-refractivity contribution >= 4 is 0 Å². The fraction of sp³-hybridized carbons (Fsp3) is 0.290. The number of aryl methyl sites for hydroxylation is 3. The van der Waals surface area contributed by atoms with Crippen molar-refractivity contribution in [3.05, 3.63) is 139 Å². The number of benzene rings is 3. The van der Waals surface area contributed by atoms with E-state index in [2.05, 4.69) is 4.98 Å². The number of aliphatic hydroxyl groups excluding tert-OH is 2. The zero-order valence-corrected chi connectivity index (χ0v) is 22.1. The van der Waals surface area contributed by atoms with E-state index >= 15 is 0 Å². The van der Waals surface area contributed by atoms with Crippen molar-refractivity contribution in [1.82, 2.24) is 9.55 Å². The highest BCUT2D eigenvalue weighted by atomic mass is 16.6. The minimum Gasteiger partial charge on any atom is -0.387 e. The Bertz CT molecular complexity index is 1430. The lowest BCUT2D eigenvalue weighted by molar-refractivity contribution is -0.0958. The molecule has 8 heteroatoms. The third kappa shape index (κ3) is 5.12. The molecular formula is C31H32N2O6. The first-order chi connectivity index (χ1) is 18.7. The Morgan fingerprint density at radius 3 is 1.67 bits per heavy atom. The van der Waals surface area contributed by atoms with Gasteiger partial charge in [-0.05, 0) is 37.5 Å². The van der Waals surface area contributed by atoms with Gasteiger partial charge in [0.15, 0.2) is 6.23 Å². The third-order valence-electron chi connectivity index (χ3n) is 7.30. The summed E-state index contributed by atoms with van der Waals surface area (Å²) in [6.07, 6.45) is -3.65. The Morgan fingerprint density at radius 1 is 0.769 bits per heavy atom. The maximum absolute atomic E-state index is 12.3. The monoisotopic (exact) mass is 528 g/mol. The third-order valence-corrected chi connectivity index (χ3v) is 7.30. The first-order valence-electron chi connectivity index (χ1n) is 12.9. The molecule has 0 saturated carbocycles. The molecule has 0 amide bonds. The van der Waals surface area contributed by atoms with Gasteiger partial charge in [-0.15, -0.1) is 0 Å². The van der Waals surface area contributed by atoms with Crippen molar-refractivity contribution < 1.29 is 19.7 Å². The molecule has 1 aliphatic heterocycles. The normalized spacial score (nSPS) is 21.3. The highest BCUT2D eigenvalue weighted by Crippen LogP contribution is 2.42. The lowest BCUT2D eigenvalue weighted by Gasteiger charge is -2.37. The maximum atomic E-state index is 12.3. The Hall–Kier alpha value is -3.82. The molecule has 3 N–H and O–H groups in total. The fourth-order valence-corrected chi connectivity index (χ4v) is 5.05. The molecule has 8 nitrogen and oxygen atoms in total. The van der Waals surface area contributed by atoms with Gasteiger partial charge >= 0.3 is 5.69 Å². The molecule has 4 atom stereocenters. The molecule has 0 bridgehead atoms. The largest absolute Gasteiger partial charge is 0.387 e. The van der Waals surface area contributed by atoms with Crippen molar-refractivity contribution in [2.24, 2.45) is 0 Å². The number of nitrogens with one attached hydrogen (secondary N) is 1. The van der Waals surface area contributed by atoms with Crippen LogP contribution < -0.4 is 11.2 Å². The van der Waals surface area contributed by atoms with Crippen molar-refractivity contribution in [2.75, 3.05) is 6.61 Å². The molecule has 4 aromatic rings. The Morgan fingerprint density at radius 2 is 1.23 bits per heavy atom. The topological polar surface area (TPSA) is 114 Å². The number of rotatable bonds is 7. The van der Waals surface area contributed by atoms with Gasteiger partial charge in [-0.25, -0.2) is 4.79 Å². The summed E-state index contributed by atoms with van der Waals surface area (Å²) < 4.78 is 13.8. The Kier molecular flexibility index (Phi) is 7.38. The van der Waals surface area contributed by atoms with E-state index in [1.807, 2.05) is 93.6 Å². The smallest absolute Gasteiger partial charge is 0.330 e. The van der Waals surface area contributed by atoms with E-state index < -0.39 is 41.4 Å². The first kappa shape index (κ1) is 26.8. The number of aliphatic hydroxyl groups is 2. The molecule has 5 rings (SSSR count). The SMILES string of the molecule is Cc1ccc(C(OCC2OC(n3ccc(=O)[nH]c3=O)C(O)C2O)(c2ccc(C)cc2)c2ccc(C)cc2)cc1. The van der Waals surface area contributed by atoms with Crippen molar-refractivity contribution in [3.8, 4) is 0 Å². The molecule has 1 aromatic heterocycles. The van der Waals surface area contributed by atoms with Crippen LogP contribution >= 0.6 is 0 Å². The van der Waals surface area contributed by atoms with Crippen LogP contribution in [-0.2, 0) is 15.1 Å². The predicted octanol–water partition coefficient (Wildman–Crippen LogP) is 3.09. The number of hydrogen-bond donors (Lipinski definition) is 3. The lowest BCUT2D eigenvalue weighted by atomic mass is 9.79. The fourth-order valence-electron chi connectivity index (χ4n) is 5.05. The predicted molar refractivity (Wildman–Crippen MR) is 147 cm³/mol. The van der Waals surface area contributed by atoms with Crippen LogP contribution in [0, 0.1) is 20.8 Å². The summed E-state index contributed by atoms with van der Waals surface area (Å²) in [5.41, 5.74) is 3.62. The standard InChI is InChI=1S/C31H32N2O6/c1-19-4-10-22(11-5-19)31(23-12-6-20(2)7-13-23,24-14-8-21(3)9-15-24)38-18-25-27(35)28(36)29(39-25)33-17-16-26(34)32-30(33)37/h4-17,25,27-29,35-36H,18H2,1-3H3,(H,32,34,37). The number of H-pyrrole nitrogens is 1. The summed E-state index contributed by atoms with van der Waals surface area (Å²) in [6, 6.07) is 25.5. The van der Waals surface area contributed by atoms with E-state index in [9.17, 15) is 19.8 Å². The Labute approximate surface area is 226 Å². The van der Waals surface area contributed by atoms with Crippen LogP contribution in [0.3, 0.4) is 0 Å². The van der Waals surface area contributed by atoms with Crippen LogP contribution in [0.15, 0.2) is 94.6 Å². The van der Waals surface area contributed by atoms with Crippen LogP contribution in [0.4, 0.5) is 0 Å². The van der Waals surface area contributed by atoms with Gasteiger partial charge in [0.25, 0.3) is 5.56 Å². The molecule has 4 unspecified atom stereocenters. The van der Waals surface area contributed by atoms with Gasteiger partial charge in [0.2, 0.25) is 0 Å².